The summed E-state index contributed by atoms with van der Waals surface area (Å²) in [5.41, 5.74) is 0.364. The van der Waals surface area contributed by atoms with Gasteiger partial charge in [0.15, 0.2) is 0 Å². The molecule has 1 unspecified atom stereocenters. The van der Waals surface area contributed by atoms with Crippen molar-refractivity contribution in [1.29, 1.82) is 5.26 Å². The third-order valence-electron chi connectivity index (χ3n) is 2.76. The second-order valence-corrected chi connectivity index (χ2v) is 3.89. The fourth-order valence-corrected chi connectivity index (χ4v) is 1.89. The molecule has 0 radical (unpaired) electrons. The molecule has 0 bridgehead atoms. The van der Waals surface area contributed by atoms with Gasteiger partial charge in [0.2, 0.25) is 0 Å². The molecule has 1 rings (SSSR count). The maximum absolute atomic E-state index is 9.45. The van der Waals surface area contributed by atoms with Crippen LogP contribution in [0.25, 0.3) is 0 Å². The lowest BCUT2D eigenvalue weighted by atomic mass is 9.78. The van der Waals surface area contributed by atoms with Gasteiger partial charge in [0, 0.05) is 6.20 Å². The molecule has 4 nitrogen and oxygen atoms in total. The van der Waals surface area contributed by atoms with Gasteiger partial charge in [-0.15, -0.1) is 0 Å². The number of hydrogen-bond acceptors (Lipinski definition) is 4. The minimum absolute atomic E-state index is 0.472. The maximum Gasteiger partial charge on any atom is 0.115 e. The van der Waals surface area contributed by atoms with Crippen LogP contribution in [0.3, 0.4) is 0 Å². The van der Waals surface area contributed by atoms with Gasteiger partial charge in [0.25, 0.3) is 0 Å². The maximum atomic E-state index is 9.45. The Balaban J connectivity index is 2.98. The Labute approximate surface area is 96.7 Å². The van der Waals surface area contributed by atoms with Crippen LogP contribution >= 0.6 is 0 Å². The predicted octanol–water partition coefficient (Wildman–Crippen LogP) is 1.65. The Morgan fingerprint density at radius 3 is 2.81 bits per heavy atom. The quantitative estimate of drug-likeness (QED) is 0.788. The van der Waals surface area contributed by atoms with Gasteiger partial charge in [-0.3, -0.25) is 0 Å². The van der Waals surface area contributed by atoms with Gasteiger partial charge in [-0.05, 0) is 32.5 Å². The summed E-state index contributed by atoms with van der Waals surface area (Å²) < 4.78 is 0. The van der Waals surface area contributed by atoms with Crippen LogP contribution in [-0.4, -0.2) is 23.6 Å². The van der Waals surface area contributed by atoms with Crippen LogP contribution < -0.4 is 5.32 Å². The van der Waals surface area contributed by atoms with Crippen molar-refractivity contribution in [2.45, 2.75) is 31.6 Å². The van der Waals surface area contributed by atoms with Crippen molar-refractivity contribution in [3.8, 4) is 6.07 Å². The number of hydrogen-bond donors (Lipinski definition) is 1. The lowest BCUT2D eigenvalue weighted by molar-refractivity contribution is 0.438. The summed E-state index contributed by atoms with van der Waals surface area (Å²) in [4.78, 5) is 8.13. The Morgan fingerprint density at radius 1 is 1.50 bits per heavy atom. The highest BCUT2D eigenvalue weighted by molar-refractivity contribution is 5.24. The summed E-state index contributed by atoms with van der Waals surface area (Å²) >= 11 is 0. The van der Waals surface area contributed by atoms with E-state index in [1.165, 1.54) is 6.33 Å². The Hall–Kier alpha value is -1.47. The summed E-state index contributed by atoms with van der Waals surface area (Å²) in [7, 11) is 1.90. The summed E-state index contributed by atoms with van der Waals surface area (Å²) in [6.07, 6.45) is 5.80. The Morgan fingerprint density at radius 2 is 2.31 bits per heavy atom. The van der Waals surface area contributed by atoms with Crippen molar-refractivity contribution >= 4 is 0 Å². The first-order chi connectivity index (χ1) is 7.79. The van der Waals surface area contributed by atoms with E-state index < -0.39 is 5.41 Å². The topological polar surface area (TPSA) is 61.6 Å². The van der Waals surface area contributed by atoms with Crippen molar-refractivity contribution in [3.63, 3.8) is 0 Å². The molecule has 0 aliphatic heterocycles. The van der Waals surface area contributed by atoms with Crippen LogP contribution in [0.1, 0.15) is 31.9 Å². The molecule has 1 aromatic rings. The zero-order valence-electron chi connectivity index (χ0n) is 9.90. The van der Waals surface area contributed by atoms with Crippen LogP contribution in [0, 0.1) is 11.3 Å². The molecule has 1 heterocycles. The van der Waals surface area contributed by atoms with Gasteiger partial charge in [-0.2, -0.15) is 5.26 Å². The van der Waals surface area contributed by atoms with Gasteiger partial charge in [-0.1, -0.05) is 13.3 Å². The SMILES string of the molecule is CCCC(C#N)(CCNC)c1ccncn1. The van der Waals surface area contributed by atoms with E-state index in [-0.39, 0.29) is 0 Å². The zero-order chi connectivity index (χ0) is 11.9. The average Bonchev–Trinajstić information content (AvgIpc) is 2.36. The molecule has 0 saturated heterocycles. The summed E-state index contributed by atoms with van der Waals surface area (Å²) in [6.45, 7) is 2.91. The van der Waals surface area contributed by atoms with E-state index in [0.717, 1.165) is 31.5 Å². The molecule has 1 aromatic heterocycles. The van der Waals surface area contributed by atoms with E-state index in [1.54, 1.807) is 6.20 Å². The Kier molecular flexibility index (Phi) is 4.87. The first-order valence-electron chi connectivity index (χ1n) is 5.61. The molecule has 86 valence electrons. The minimum atomic E-state index is -0.472. The van der Waals surface area contributed by atoms with Gasteiger partial charge in [-0.25, -0.2) is 9.97 Å². The van der Waals surface area contributed by atoms with Crippen LogP contribution in [0.5, 0.6) is 0 Å². The predicted molar refractivity (Wildman–Crippen MR) is 62.8 cm³/mol. The van der Waals surface area contributed by atoms with E-state index in [9.17, 15) is 5.26 Å². The number of nitriles is 1. The third kappa shape index (κ3) is 2.77. The van der Waals surface area contributed by atoms with E-state index in [1.807, 2.05) is 13.1 Å². The van der Waals surface area contributed by atoms with Crippen molar-refractivity contribution < 1.29 is 0 Å². The second kappa shape index (κ2) is 6.19. The Bertz CT molecular complexity index is 344. The normalized spacial score (nSPS) is 14.1. The number of rotatable bonds is 6. The van der Waals surface area contributed by atoms with E-state index >= 15 is 0 Å². The molecular formula is C12H18N4. The van der Waals surface area contributed by atoms with Gasteiger partial charge in [0.1, 0.15) is 11.7 Å². The first-order valence-corrected chi connectivity index (χ1v) is 5.61. The van der Waals surface area contributed by atoms with Crippen molar-refractivity contribution in [2.24, 2.45) is 0 Å². The molecule has 16 heavy (non-hydrogen) atoms. The van der Waals surface area contributed by atoms with Gasteiger partial charge in [0.05, 0.1) is 11.8 Å². The number of nitrogens with zero attached hydrogens (tertiary/aromatic N) is 3. The van der Waals surface area contributed by atoms with Crippen molar-refractivity contribution in [2.75, 3.05) is 13.6 Å². The monoisotopic (exact) mass is 218 g/mol. The fourth-order valence-electron chi connectivity index (χ4n) is 1.89. The molecule has 0 amide bonds. The van der Waals surface area contributed by atoms with Crippen molar-refractivity contribution in [3.05, 3.63) is 24.3 Å². The lowest BCUT2D eigenvalue weighted by Crippen LogP contribution is -2.29. The number of nitrogens with one attached hydrogen (secondary N) is 1. The van der Waals surface area contributed by atoms with Crippen LogP contribution in [0.2, 0.25) is 0 Å². The second-order valence-electron chi connectivity index (χ2n) is 3.89. The summed E-state index contributed by atoms with van der Waals surface area (Å²) in [5, 5.41) is 12.5. The molecular weight excluding hydrogens is 200 g/mol. The highest BCUT2D eigenvalue weighted by atomic mass is 14.8. The molecule has 0 saturated carbocycles. The number of aromatic nitrogens is 2. The molecule has 4 heteroatoms. The van der Waals surface area contributed by atoms with E-state index in [4.69, 9.17) is 0 Å². The summed E-state index contributed by atoms with van der Waals surface area (Å²) in [5.74, 6) is 0. The molecule has 0 spiro atoms. The minimum Gasteiger partial charge on any atom is -0.320 e. The molecule has 0 fully saturated rings. The third-order valence-corrected chi connectivity index (χ3v) is 2.76. The molecule has 0 aromatic carbocycles. The standard InChI is InChI=1S/C12H18N4/c1-3-5-12(9-13,6-8-14-2)11-4-7-15-10-16-11/h4,7,10,14H,3,5-6,8H2,1-2H3. The van der Waals surface area contributed by atoms with Crippen LogP contribution in [-0.2, 0) is 5.41 Å². The first kappa shape index (κ1) is 12.6. The summed E-state index contributed by atoms with van der Waals surface area (Å²) in [6, 6.07) is 4.28. The molecule has 0 aliphatic carbocycles. The van der Waals surface area contributed by atoms with E-state index in [0.29, 0.717) is 0 Å². The van der Waals surface area contributed by atoms with Crippen LogP contribution in [0.4, 0.5) is 0 Å². The highest BCUT2D eigenvalue weighted by Crippen LogP contribution is 2.30. The van der Waals surface area contributed by atoms with Crippen molar-refractivity contribution in [1.82, 2.24) is 15.3 Å². The lowest BCUT2D eigenvalue weighted by Gasteiger charge is -2.25. The fraction of sp³-hybridized carbons (Fsp3) is 0.583. The highest BCUT2D eigenvalue weighted by Gasteiger charge is 2.32. The van der Waals surface area contributed by atoms with E-state index in [2.05, 4.69) is 28.3 Å². The smallest absolute Gasteiger partial charge is 0.115 e. The van der Waals surface area contributed by atoms with Gasteiger partial charge < -0.3 is 5.32 Å². The molecule has 1 N–H and O–H groups in total. The average molecular weight is 218 g/mol. The van der Waals surface area contributed by atoms with Crippen LogP contribution in [0.15, 0.2) is 18.6 Å². The molecule has 1 atom stereocenters. The largest absolute Gasteiger partial charge is 0.320 e. The van der Waals surface area contributed by atoms with Gasteiger partial charge >= 0.3 is 0 Å². The zero-order valence-corrected chi connectivity index (χ0v) is 9.90. The molecule has 0 aliphatic rings.